The third kappa shape index (κ3) is 3.78. The monoisotopic (exact) mass is 309 g/mol. The van der Waals surface area contributed by atoms with Crippen molar-refractivity contribution in [2.45, 2.75) is 10.2 Å². The number of rotatable bonds is 2. The Bertz CT molecular complexity index is 501. The molecule has 2 aromatic rings. The lowest BCUT2D eigenvalue weighted by molar-refractivity contribution is 0.519. The standard InChI is InChI=1S/C11H7Cl4NO/c12-8-3-1-7(2-4-8)10-16-6-9(17-10)5-11(13,14)15/h1-4,6H,5H2. The van der Waals surface area contributed by atoms with E-state index in [1.807, 2.05) is 12.1 Å². The summed E-state index contributed by atoms with van der Waals surface area (Å²) >= 11 is 22.8. The van der Waals surface area contributed by atoms with Crippen LogP contribution in [-0.2, 0) is 6.42 Å². The number of oxazole rings is 1. The fourth-order valence-electron chi connectivity index (χ4n) is 1.31. The van der Waals surface area contributed by atoms with Gasteiger partial charge in [-0.3, -0.25) is 0 Å². The second-order valence-corrected chi connectivity index (χ2v) is 6.38. The van der Waals surface area contributed by atoms with E-state index in [2.05, 4.69) is 4.98 Å². The minimum Gasteiger partial charge on any atom is -0.441 e. The molecular weight excluding hydrogens is 304 g/mol. The third-order valence-corrected chi connectivity index (χ3v) is 2.67. The number of alkyl halides is 3. The molecule has 17 heavy (non-hydrogen) atoms. The minimum atomic E-state index is -1.38. The van der Waals surface area contributed by atoms with Crippen molar-refractivity contribution in [3.8, 4) is 11.5 Å². The van der Waals surface area contributed by atoms with Gasteiger partial charge in [0, 0.05) is 10.6 Å². The van der Waals surface area contributed by atoms with Gasteiger partial charge in [0.15, 0.2) is 3.79 Å². The molecule has 0 amide bonds. The van der Waals surface area contributed by atoms with E-state index < -0.39 is 3.79 Å². The Kier molecular flexibility index (Phi) is 3.88. The lowest BCUT2D eigenvalue weighted by Gasteiger charge is -2.06. The van der Waals surface area contributed by atoms with Crippen molar-refractivity contribution in [1.82, 2.24) is 4.98 Å². The lowest BCUT2D eigenvalue weighted by Crippen LogP contribution is -2.05. The van der Waals surface area contributed by atoms with Gasteiger partial charge in [0.2, 0.25) is 5.89 Å². The van der Waals surface area contributed by atoms with Gasteiger partial charge < -0.3 is 4.42 Å². The molecule has 0 aliphatic carbocycles. The van der Waals surface area contributed by atoms with Crippen molar-refractivity contribution < 1.29 is 4.42 Å². The van der Waals surface area contributed by atoms with Crippen LogP contribution in [0.25, 0.3) is 11.5 Å². The number of halogens is 4. The van der Waals surface area contributed by atoms with Crippen molar-refractivity contribution in [2.24, 2.45) is 0 Å². The summed E-state index contributed by atoms with van der Waals surface area (Å²) in [5.41, 5.74) is 0.824. The molecule has 1 heterocycles. The topological polar surface area (TPSA) is 26.0 Å². The van der Waals surface area contributed by atoms with Crippen LogP contribution >= 0.6 is 46.4 Å². The largest absolute Gasteiger partial charge is 0.441 e. The molecule has 2 nitrogen and oxygen atoms in total. The second-order valence-electron chi connectivity index (χ2n) is 3.43. The Balaban J connectivity index is 2.21. The molecule has 0 aliphatic rings. The molecule has 0 radical (unpaired) electrons. The van der Waals surface area contributed by atoms with Crippen molar-refractivity contribution in [1.29, 1.82) is 0 Å². The maximum atomic E-state index is 5.79. The Morgan fingerprint density at radius 1 is 1.12 bits per heavy atom. The SMILES string of the molecule is Clc1ccc(-c2ncc(CC(Cl)(Cl)Cl)o2)cc1. The van der Waals surface area contributed by atoms with Crippen LogP contribution in [0.5, 0.6) is 0 Å². The van der Waals surface area contributed by atoms with E-state index in [1.165, 1.54) is 0 Å². The van der Waals surface area contributed by atoms with E-state index in [9.17, 15) is 0 Å². The van der Waals surface area contributed by atoms with E-state index in [1.54, 1.807) is 18.3 Å². The molecule has 1 aromatic heterocycles. The highest BCUT2D eigenvalue weighted by Gasteiger charge is 2.22. The third-order valence-electron chi connectivity index (χ3n) is 2.02. The first-order valence-electron chi connectivity index (χ1n) is 4.71. The molecule has 90 valence electrons. The normalized spacial score (nSPS) is 11.8. The fourth-order valence-corrected chi connectivity index (χ4v) is 1.83. The van der Waals surface area contributed by atoms with Crippen LogP contribution in [-0.4, -0.2) is 8.78 Å². The summed E-state index contributed by atoms with van der Waals surface area (Å²) < 4.78 is 4.10. The van der Waals surface area contributed by atoms with E-state index in [4.69, 9.17) is 50.8 Å². The molecule has 0 unspecified atom stereocenters. The van der Waals surface area contributed by atoms with Gasteiger partial charge in [-0.05, 0) is 24.3 Å². The van der Waals surface area contributed by atoms with Gasteiger partial charge >= 0.3 is 0 Å². The van der Waals surface area contributed by atoms with E-state index >= 15 is 0 Å². The van der Waals surface area contributed by atoms with Gasteiger partial charge in [-0.2, -0.15) is 0 Å². The molecule has 0 aliphatic heterocycles. The van der Waals surface area contributed by atoms with Crippen molar-refractivity contribution >= 4 is 46.4 Å². The van der Waals surface area contributed by atoms with Gasteiger partial charge in [0.25, 0.3) is 0 Å². The molecule has 0 fully saturated rings. The molecule has 0 bridgehead atoms. The zero-order chi connectivity index (χ0) is 12.5. The van der Waals surface area contributed by atoms with Gasteiger partial charge in [0.1, 0.15) is 5.76 Å². The predicted molar refractivity (Wildman–Crippen MR) is 70.9 cm³/mol. The fraction of sp³-hybridized carbons (Fsp3) is 0.182. The van der Waals surface area contributed by atoms with Gasteiger partial charge in [-0.1, -0.05) is 46.4 Å². The van der Waals surface area contributed by atoms with Crippen LogP contribution in [0, 0.1) is 0 Å². The minimum absolute atomic E-state index is 0.179. The van der Waals surface area contributed by atoms with Crippen LogP contribution in [0.4, 0.5) is 0 Å². The maximum Gasteiger partial charge on any atom is 0.226 e. The lowest BCUT2D eigenvalue weighted by atomic mass is 10.2. The highest BCUT2D eigenvalue weighted by atomic mass is 35.6. The second kappa shape index (κ2) is 5.07. The zero-order valence-electron chi connectivity index (χ0n) is 8.46. The summed E-state index contributed by atoms with van der Waals surface area (Å²) in [4.78, 5) is 4.11. The van der Waals surface area contributed by atoms with E-state index in [-0.39, 0.29) is 6.42 Å². The van der Waals surface area contributed by atoms with Crippen molar-refractivity contribution in [3.05, 3.63) is 41.2 Å². The van der Waals surface area contributed by atoms with Crippen LogP contribution < -0.4 is 0 Å². The summed E-state index contributed by atoms with van der Waals surface area (Å²) in [5, 5.41) is 0.654. The average Bonchev–Trinajstić information content (AvgIpc) is 2.64. The number of hydrogen-bond acceptors (Lipinski definition) is 2. The number of hydrogen-bond donors (Lipinski definition) is 0. The van der Waals surface area contributed by atoms with Crippen LogP contribution in [0.15, 0.2) is 34.9 Å². The zero-order valence-corrected chi connectivity index (χ0v) is 11.5. The Morgan fingerprint density at radius 2 is 1.76 bits per heavy atom. The number of nitrogens with zero attached hydrogens (tertiary/aromatic N) is 1. The highest BCUT2D eigenvalue weighted by molar-refractivity contribution is 6.67. The first-order chi connectivity index (χ1) is 7.94. The Hall–Kier alpha value is -0.410. The molecule has 2 rings (SSSR count). The number of aromatic nitrogens is 1. The summed E-state index contributed by atoms with van der Waals surface area (Å²) in [5.74, 6) is 1.00. The predicted octanol–water partition coefficient (Wildman–Crippen LogP) is 4.91. The smallest absolute Gasteiger partial charge is 0.226 e. The van der Waals surface area contributed by atoms with Gasteiger partial charge in [-0.25, -0.2) is 4.98 Å². The summed E-state index contributed by atoms with van der Waals surface area (Å²) in [6, 6.07) is 7.14. The molecule has 6 heteroatoms. The number of benzene rings is 1. The molecule has 0 saturated heterocycles. The quantitative estimate of drug-likeness (QED) is 0.737. The Morgan fingerprint density at radius 3 is 2.35 bits per heavy atom. The van der Waals surface area contributed by atoms with Crippen LogP contribution in [0.1, 0.15) is 5.76 Å². The van der Waals surface area contributed by atoms with Crippen LogP contribution in [0.3, 0.4) is 0 Å². The molecular formula is C11H7Cl4NO. The summed E-state index contributed by atoms with van der Waals surface area (Å²) in [7, 11) is 0. The molecule has 0 saturated carbocycles. The van der Waals surface area contributed by atoms with Crippen molar-refractivity contribution in [3.63, 3.8) is 0 Å². The van der Waals surface area contributed by atoms with E-state index in [0.29, 0.717) is 16.7 Å². The van der Waals surface area contributed by atoms with Crippen molar-refractivity contribution in [2.75, 3.05) is 0 Å². The van der Waals surface area contributed by atoms with Gasteiger partial charge in [-0.15, -0.1) is 0 Å². The summed E-state index contributed by atoms with van der Waals surface area (Å²) in [6.07, 6.45) is 1.73. The molecule has 0 spiro atoms. The molecule has 0 atom stereocenters. The van der Waals surface area contributed by atoms with Gasteiger partial charge in [0.05, 0.1) is 12.6 Å². The highest BCUT2D eigenvalue weighted by Crippen LogP contribution is 2.31. The summed E-state index contributed by atoms with van der Waals surface area (Å²) in [6.45, 7) is 0. The van der Waals surface area contributed by atoms with E-state index in [0.717, 1.165) is 5.56 Å². The van der Waals surface area contributed by atoms with Crippen LogP contribution in [0.2, 0.25) is 5.02 Å². The maximum absolute atomic E-state index is 5.79. The Labute approximate surface area is 118 Å². The first kappa shape index (κ1) is 13.0. The first-order valence-corrected chi connectivity index (χ1v) is 6.22. The molecule has 0 N–H and O–H groups in total. The molecule has 1 aromatic carbocycles. The average molecular weight is 311 g/mol.